The zero-order valence-corrected chi connectivity index (χ0v) is 5.39. The van der Waals surface area contributed by atoms with Crippen molar-refractivity contribution in [3.63, 3.8) is 0 Å². The monoisotopic (exact) mass is 152 g/mol. The second-order valence-corrected chi connectivity index (χ2v) is 1.60. The lowest BCUT2D eigenvalue weighted by Crippen LogP contribution is -2.11. The highest BCUT2D eigenvalue weighted by molar-refractivity contribution is 6.51. The van der Waals surface area contributed by atoms with Crippen molar-refractivity contribution in [2.45, 2.75) is 6.42 Å². The molecular weight excluding hydrogens is 143 g/mol. The van der Waals surface area contributed by atoms with Crippen LogP contribution in [0.25, 0.3) is 0 Å². The number of halogens is 2. The third kappa shape index (κ3) is 7.51. The summed E-state index contributed by atoms with van der Waals surface area (Å²) in [5, 5.41) is 8.01. The third-order valence-corrected chi connectivity index (χ3v) is 0.750. The van der Waals surface area contributed by atoms with Crippen molar-refractivity contribution in [2.24, 2.45) is 0 Å². The van der Waals surface area contributed by atoms with Crippen LogP contribution >= 0.6 is 0 Å². The first-order valence-corrected chi connectivity index (χ1v) is 2.87. The van der Waals surface area contributed by atoms with Gasteiger partial charge in [0.15, 0.2) is 0 Å². The molecule has 0 aromatic heterocycles. The van der Waals surface area contributed by atoms with Crippen LogP contribution in [0.1, 0.15) is 6.42 Å². The first kappa shape index (κ1) is 9.51. The van der Waals surface area contributed by atoms with Crippen LogP contribution in [0, 0.1) is 0 Å². The van der Waals surface area contributed by atoms with E-state index in [0.29, 0.717) is 19.1 Å². The maximum atomic E-state index is 11.3. The quantitative estimate of drug-likeness (QED) is 0.334. The van der Waals surface area contributed by atoms with E-state index in [1.165, 1.54) is 0 Å². The molecule has 0 fully saturated rings. The number of hydrogen-bond acceptors (Lipinski definition) is 3. The molecule has 0 saturated heterocycles. The molecule has 0 spiro atoms. The molecule has 0 rings (SSSR count). The average Bonchev–Trinajstić information content (AvgIpc) is 1.87. The highest BCUT2D eigenvalue weighted by Crippen LogP contribution is 1.78. The van der Waals surface area contributed by atoms with E-state index in [2.05, 4.69) is 4.74 Å². The van der Waals surface area contributed by atoms with Crippen LogP contribution in [0.4, 0.5) is 8.63 Å². The largest absolute Gasteiger partial charge is 0.541 e. The van der Waals surface area contributed by atoms with Crippen LogP contribution in [0.15, 0.2) is 0 Å². The summed E-state index contributed by atoms with van der Waals surface area (Å²) in [5.41, 5.74) is 1.87. The Labute approximate surface area is 57.8 Å². The van der Waals surface area contributed by atoms with Crippen molar-refractivity contribution in [3.05, 3.63) is 0 Å². The van der Waals surface area contributed by atoms with Crippen molar-refractivity contribution >= 4 is 13.1 Å². The summed E-state index contributed by atoms with van der Waals surface area (Å²) in [4.78, 5) is 0. The molecule has 0 aliphatic carbocycles. The van der Waals surface area contributed by atoms with Crippen molar-refractivity contribution in [1.82, 2.24) is 5.48 Å². The predicted octanol–water partition coefficient (Wildman–Crippen LogP) is 0.140. The number of ether oxygens (including phenoxy) is 1. The molecule has 2 N–H and O–H groups in total. The summed E-state index contributed by atoms with van der Waals surface area (Å²) in [6, 6.07) is 0. The third-order valence-electron chi connectivity index (χ3n) is 0.750. The van der Waals surface area contributed by atoms with E-state index < -0.39 is 6.91 Å². The van der Waals surface area contributed by atoms with Gasteiger partial charge in [0.25, 0.3) is 0 Å². The zero-order valence-electron chi connectivity index (χ0n) is 5.39. The van der Waals surface area contributed by atoms with Gasteiger partial charge in [-0.25, -0.2) is 5.48 Å². The highest BCUT2D eigenvalue weighted by atomic mass is 19.2. The van der Waals surface area contributed by atoms with Crippen LogP contribution < -0.4 is 5.48 Å². The fourth-order valence-electron chi connectivity index (χ4n) is 0.375. The fraction of sp³-hybridized carbons (Fsp3) is 0.750. The maximum Gasteiger partial charge on any atom is 0.250 e. The molecule has 0 aliphatic heterocycles. The Hall–Kier alpha value is -0.485. The van der Waals surface area contributed by atoms with E-state index in [-0.39, 0.29) is 6.61 Å². The van der Waals surface area contributed by atoms with Crippen molar-refractivity contribution in [1.29, 1.82) is 0 Å². The van der Waals surface area contributed by atoms with Gasteiger partial charge in [0.2, 0.25) is 6.91 Å². The maximum absolute atomic E-state index is 11.3. The van der Waals surface area contributed by atoms with Gasteiger partial charge >= 0.3 is 0 Å². The van der Waals surface area contributed by atoms with E-state index in [1.807, 2.05) is 5.48 Å². The zero-order chi connectivity index (χ0) is 7.82. The van der Waals surface area contributed by atoms with Crippen LogP contribution in [-0.2, 0) is 4.74 Å². The van der Waals surface area contributed by atoms with E-state index in [4.69, 9.17) is 5.21 Å². The lowest BCUT2D eigenvalue weighted by Gasteiger charge is -2.02. The summed E-state index contributed by atoms with van der Waals surface area (Å²) < 4.78 is 27.0. The van der Waals surface area contributed by atoms with Gasteiger partial charge < -0.3 is 18.6 Å². The van der Waals surface area contributed by atoms with Crippen molar-refractivity contribution in [3.8, 4) is 0 Å². The SMILES string of the molecule is ONCCCOC=[B-](F)F. The molecule has 3 nitrogen and oxygen atoms in total. The first-order valence-electron chi connectivity index (χ1n) is 2.87. The Balaban J connectivity index is 2.98. The van der Waals surface area contributed by atoms with Crippen LogP contribution in [0.2, 0.25) is 0 Å². The smallest absolute Gasteiger partial charge is 0.250 e. The number of hydrogen-bond donors (Lipinski definition) is 2. The molecule has 0 atom stereocenters. The van der Waals surface area contributed by atoms with Gasteiger partial charge in [-0.05, 0) is 6.42 Å². The van der Waals surface area contributed by atoms with Gasteiger partial charge in [-0.15, -0.1) is 0 Å². The molecule has 0 bridgehead atoms. The van der Waals surface area contributed by atoms with E-state index in [0.717, 1.165) is 0 Å². The van der Waals surface area contributed by atoms with E-state index >= 15 is 0 Å². The minimum absolute atomic E-state index is 0.192. The number of hydroxylamine groups is 1. The fourth-order valence-corrected chi connectivity index (χ4v) is 0.375. The van der Waals surface area contributed by atoms with E-state index in [9.17, 15) is 8.63 Å². The lowest BCUT2D eigenvalue weighted by atomic mass is 10.3. The van der Waals surface area contributed by atoms with E-state index in [1.54, 1.807) is 0 Å². The number of nitrogens with one attached hydrogen (secondary N) is 1. The minimum Gasteiger partial charge on any atom is -0.541 e. The molecule has 0 aliphatic rings. The summed E-state index contributed by atoms with van der Waals surface area (Å²) in [7, 11) is 0. The molecular formula is C4H9BF2NO2-. The highest BCUT2D eigenvalue weighted by Gasteiger charge is 1.82. The molecule has 10 heavy (non-hydrogen) atoms. The second-order valence-electron chi connectivity index (χ2n) is 1.60. The van der Waals surface area contributed by atoms with Gasteiger partial charge in [0, 0.05) is 6.54 Å². The summed E-state index contributed by atoms with van der Waals surface area (Å²) >= 11 is 0. The molecule has 0 saturated carbocycles. The standard InChI is InChI=1S/C4H9BF2NO2/c6-5(7)4-10-3-1-2-8-9/h4,8-9H,1-3H2/q-1. The lowest BCUT2D eigenvalue weighted by molar-refractivity contribution is 0.157. The Morgan fingerprint density at radius 3 is 2.80 bits per heavy atom. The Morgan fingerprint density at radius 2 is 2.30 bits per heavy atom. The summed E-state index contributed by atoms with van der Waals surface area (Å²) in [5.74, 6) is 0. The van der Waals surface area contributed by atoms with Gasteiger partial charge in [0.1, 0.15) is 0 Å². The van der Waals surface area contributed by atoms with Crippen LogP contribution in [-0.4, -0.2) is 31.4 Å². The van der Waals surface area contributed by atoms with Gasteiger partial charge in [-0.3, -0.25) is 0 Å². The molecule has 0 amide bonds. The topological polar surface area (TPSA) is 41.5 Å². The Bertz CT molecular complexity index is 107. The molecule has 60 valence electrons. The molecule has 0 unspecified atom stereocenters. The first-order chi connectivity index (χ1) is 4.77. The van der Waals surface area contributed by atoms with Gasteiger partial charge in [-0.1, -0.05) is 6.15 Å². The minimum atomic E-state index is -2.53. The average molecular weight is 152 g/mol. The molecule has 0 aromatic rings. The summed E-state index contributed by atoms with van der Waals surface area (Å²) in [6.07, 6.45) is 0.969. The van der Waals surface area contributed by atoms with Crippen molar-refractivity contribution < 1.29 is 18.6 Å². The van der Waals surface area contributed by atoms with Crippen LogP contribution in [0.5, 0.6) is 0 Å². The van der Waals surface area contributed by atoms with Gasteiger partial charge in [0.05, 0.1) is 6.61 Å². The molecule has 0 heterocycles. The molecule has 0 aromatic carbocycles. The van der Waals surface area contributed by atoms with Crippen molar-refractivity contribution in [2.75, 3.05) is 13.2 Å². The molecule has 0 radical (unpaired) electrons. The predicted molar refractivity (Wildman–Crippen MR) is 34.4 cm³/mol. The Kier molecular flexibility index (Phi) is 6.31. The molecule has 6 heteroatoms. The van der Waals surface area contributed by atoms with Gasteiger partial charge in [-0.2, -0.15) is 0 Å². The normalized spacial score (nSPS) is 9.10. The Morgan fingerprint density at radius 1 is 1.60 bits per heavy atom. The summed E-state index contributed by atoms with van der Waals surface area (Å²) in [6.45, 7) is -1.99. The van der Waals surface area contributed by atoms with Crippen LogP contribution in [0.3, 0.4) is 0 Å². The second kappa shape index (κ2) is 6.63. The number of rotatable bonds is 5.